The van der Waals surface area contributed by atoms with Crippen molar-refractivity contribution in [3.05, 3.63) is 0 Å². The van der Waals surface area contributed by atoms with Crippen LogP contribution in [-0.4, -0.2) is 12.7 Å². The Morgan fingerprint density at radius 2 is 1.45 bits per heavy atom. The fourth-order valence-corrected chi connectivity index (χ4v) is 1.41. The first-order valence-corrected chi connectivity index (χ1v) is 4.71. The molecule has 1 nitrogen and oxygen atoms in total. The molecule has 0 rings (SSSR count). The molecule has 0 aliphatic heterocycles. The molecule has 0 fully saturated rings. The van der Waals surface area contributed by atoms with Gasteiger partial charge in [-0.15, -0.1) is 0 Å². The third kappa shape index (κ3) is 4.41. The van der Waals surface area contributed by atoms with Crippen LogP contribution in [0.15, 0.2) is 0 Å². The molecule has 0 bridgehead atoms. The van der Waals surface area contributed by atoms with Crippen LogP contribution in [0.25, 0.3) is 0 Å². The lowest BCUT2D eigenvalue weighted by molar-refractivity contribution is -0.00747. The quantitative estimate of drug-likeness (QED) is 0.597. The molecule has 68 valence electrons. The smallest absolute Gasteiger partial charge is 0.0620 e. The topological polar surface area (TPSA) is 9.23 Å². The van der Waals surface area contributed by atoms with E-state index in [1.807, 2.05) is 0 Å². The van der Waals surface area contributed by atoms with Crippen molar-refractivity contribution in [1.29, 1.82) is 0 Å². The molecule has 0 radical (unpaired) electrons. The van der Waals surface area contributed by atoms with Crippen molar-refractivity contribution in [3.63, 3.8) is 0 Å². The molecule has 0 aromatic carbocycles. The molecular formula is C10H22O. The average Bonchev–Trinajstić information content (AvgIpc) is 1.87. The highest BCUT2D eigenvalue weighted by molar-refractivity contribution is 4.65. The minimum atomic E-state index is 0.440. The van der Waals surface area contributed by atoms with Gasteiger partial charge in [-0.05, 0) is 18.3 Å². The second-order valence-electron chi connectivity index (χ2n) is 3.82. The summed E-state index contributed by atoms with van der Waals surface area (Å²) in [7, 11) is 0. The summed E-state index contributed by atoms with van der Waals surface area (Å²) in [5, 5.41) is 0. The Hall–Kier alpha value is -0.0400. The maximum Gasteiger partial charge on any atom is 0.0620 e. The molecule has 0 N–H and O–H groups in total. The maximum atomic E-state index is 5.71. The van der Waals surface area contributed by atoms with E-state index < -0.39 is 0 Å². The van der Waals surface area contributed by atoms with Gasteiger partial charge in [-0.3, -0.25) is 0 Å². The van der Waals surface area contributed by atoms with E-state index in [0.29, 0.717) is 17.9 Å². The molecule has 0 aromatic rings. The largest absolute Gasteiger partial charge is 0.378 e. The van der Waals surface area contributed by atoms with Gasteiger partial charge in [-0.1, -0.05) is 34.6 Å². The summed E-state index contributed by atoms with van der Waals surface area (Å²) < 4.78 is 5.71. The van der Waals surface area contributed by atoms with Crippen LogP contribution in [0.4, 0.5) is 0 Å². The summed E-state index contributed by atoms with van der Waals surface area (Å²) in [6.45, 7) is 11.9. The Morgan fingerprint density at radius 3 is 1.73 bits per heavy atom. The summed E-state index contributed by atoms with van der Waals surface area (Å²) in [5.41, 5.74) is 0. The standard InChI is InChI=1S/C10H22O/c1-6-7-11-10(8(2)3)9(4)5/h8-10H,6-7H2,1-5H3. The number of rotatable bonds is 5. The van der Waals surface area contributed by atoms with Gasteiger partial charge in [0.2, 0.25) is 0 Å². The zero-order chi connectivity index (χ0) is 8.85. The number of hydrogen-bond acceptors (Lipinski definition) is 1. The Labute approximate surface area is 71.1 Å². The molecule has 11 heavy (non-hydrogen) atoms. The first-order valence-electron chi connectivity index (χ1n) is 4.71. The lowest BCUT2D eigenvalue weighted by Gasteiger charge is -2.24. The van der Waals surface area contributed by atoms with Crippen molar-refractivity contribution >= 4 is 0 Å². The van der Waals surface area contributed by atoms with Crippen molar-refractivity contribution in [2.75, 3.05) is 6.61 Å². The van der Waals surface area contributed by atoms with Crippen LogP contribution in [0, 0.1) is 11.8 Å². The molecule has 0 heterocycles. The van der Waals surface area contributed by atoms with E-state index in [1.165, 1.54) is 0 Å². The Morgan fingerprint density at radius 1 is 1.00 bits per heavy atom. The highest BCUT2D eigenvalue weighted by Gasteiger charge is 2.16. The lowest BCUT2D eigenvalue weighted by atomic mass is 9.96. The Bertz CT molecular complexity index is 78.9. The zero-order valence-corrected chi connectivity index (χ0v) is 8.55. The molecule has 0 spiro atoms. The molecule has 1 heteroatoms. The highest BCUT2D eigenvalue weighted by atomic mass is 16.5. The van der Waals surface area contributed by atoms with Crippen molar-refractivity contribution in [2.24, 2.45) is 11.8 Å². The molecule has 0 aliphatic carbocycles. The van der Waals surface area contributed by atoms with Gasteiger partial charge in [0.1, 0.15) is 0 Å². The molecule has 0 aliphatic rings. The van der Waals surface area contributed by atoms with E-state index in [0.717, 1.165) is 13.0 Å². The van der Waals surface area contributed by atoms with Crippen molar-refractivity contribution in [1.82, 2.24) is 0 Å². The summed E-state index contributed by atoms with van der Waals surface area (Å²) in [6.07, 6.45) is 1.56. The van der Waals surface area contributed by atoms with Gasteiger partial charge >= 0.3 is 0 Å². The minimum Gasteiger partial charge on any atom is -0.378 e. The second-order valence-corrected chi connectivity index (χ2v) is 3.82. The molecule has 0 aromatic heterocycles. The van der Waals surface area contributed by atoms with Gasteiger partial charge < -0.3 is 4.74 Å². The molecule has 0 saturated carbocycles. The number of ether oxygens (including phenoxy) is 1. The lowest BCUT2D eigenvalue weighted by Crippen LogP contribution is -2.26. The van der Waals surface area contributed by atoms with E-state index in [-0.39, 0.29) is 0 Å². The Balaban J connectivity index is 3.70. The van der Waals surface area contributed by atoms with Gasteiger partial charge in [-0.2, -0.15) is 0 Å². The average molecular weight is 158 g/mol. The van der Waals surface area contributed by atoms with Gasteiger partial charge in [0, 0.05) is 6.61 Å². The third-order valence-electron chi connectivity index (χ3n) is 1.83. The summed E-state index contributed by atoms with van der Waals surface area (Å²) >= 11 is 0. The third-order valence-corrected chi connectivity index (χ3v) is 1.83. The van der Waals surface area contributed by atoms with Crippen molar-refractivity contribution in [2.45, 2.75) is 47.1 Å². The molecule has 0 atom stereocenters. The van der Waals surface area contributed by atoms with Crippen LogP contribution in [0.3, 0.4) is 0 Å². The SMILES string of the molecule is CCCOC(C(C)C)C(C)C. The monoisotopic (exact) mass is 158 g/mol. The predicted molar refractivity (Wildman–Crippen MR) is 49.7 cm³/mol. The van der Waals surface area contributed by atoms with Crippen LogP contribution in [0.5, 0.6) is 0 Å². The molecule has 0 saturated heterocycles. The molecule has 0 amide bonds. The van der Waals surface area contributed by atoms with E-state index >= 15 is 0 Å². The fourth-order valence-electron chi connectivity index (χ4n) is 1.41. The fraction of sp³-hybridized carbons (Fsp3) is 1.00. The van der Waals surface area contributed by atoms with Crippen molar-refractivity contribution < 1.29 is 4.74 Å². The predicted octanol–water partition coefficient (Wildman–Crippen LogP) is 3.09. The van der Waals surface area contributed by atoms with Crippen LogP contribution >= 0.6 is 0 Å². The van der Waals surface area contributed by atoms with Gasteiger partial charge in [0.15, 0.2) is 0 Å². The summed E-state index contributed by atoms with van der Waals surface area (Å²) in [6, 6.07) is 0. The van der Waals surface area contributed by atoms with Crippen LogP contribution < -0.4 is 0 Å². The molecule has 0 unspecified atom stereocenters. The van der Waals surface area contributed by atoms with Crippen molar-refractivity contribution in [3.8, 4) is 0 Å². The van der Waals surface area contributed by atoms with Gasteiger partial charge in [-0.25, -0.2) is 0 Å². The van der Waals surface area contributed by atoms with Crippen LogP contribution in [0.2, 0.25) is 0 Å². The van der Waals surface area contributed by atoms with Gasteiger partial charge in [0.25, 0.3) is 0 Å². The normalized spacial score (nSPS) is 12.0. The second kappa shape index (κ2) is 5.59. The maximum absolute atomic E-state index is 5.71. The summed E-state index contributed by atoms with van der Waals surface area (Å²) in [4.78, 5) is 0. The number of hydrogen-bond donors (Lipinski definition) is 0. The Kier molecular flexibility index (Phi) is 5.57. The summed E-state index contributed by atoms with van der Waals surface area (Å²) in [5.74, 6) is 1.28. The van der Waals surface area contributed by atoms with E-state index in [9.17, 15) is 0 Å². The van der Waals surface area contributed by atoms with E-state index in [1.54, 1.807) is 0 Å². The minimum absolute atomic E-state index is 0.440. The van der Waals surface area contributed by atoms with Crippen LogP contribution in [-0.2, 0) is 4.74 Å². The van der Waals surface area contributed by atoms with E-state index in [2.05, 4.69) is 34.6 Å². The van der Waals surface area contributed by atoms with Gasteiger partial charge in [0.05, 0.1) is 6.10 Å². The van der Waals surface area contributed by atoms with E-state index in [4.69, 9.17) is 4.74 Å². The zero-order valence-electron chi connectivity index (χ0n) is 8.55. The first-order chi connectivity index (χ1) is 5.09. The highest BCUT2D eigenvalue weighted by Crippen LogP contribution is 2.15. The first kappa shape index (κ1) is 11.0. The van der Waals surface area contributed by atoms with Crippen LogP contribution in [0.1, 0.15) is 41.0 Å². The molecular weight excluding hydrogens is 136 g/mol.